The second-order valence-corrected chi connectivity index (χ2v) is 2.39. The third-order valence-corrected chi connectivity index (χ3v) is 1.07. The van der Waals surface area contributed by atoms with Gasteiger partial charge in [-0.25, -0.2) is 0 Å². The van der Waals surface area contributed by atoms with E-state index in [1.54, 1.807) is 0 Å². The Morgan fingerprint density at radius 2 is 1.00 bits per heavy atom. The fraction of sp³-hybridized carbons (Fsp3) is 0.500. The Hall–Kier alpha value is -1.62. The molecule has 0 saturated heterocycles. The second kappa shape index (κ2) is 4.57. The third kappa shape index (κ3) is 3.40. The number of hydrogen-bond acceptors (Lipinski definition) is 10. The summed E-state index contributed by atoms with van der Waals surface area (Å²) in [7, 11) is 0. The summed E-state index contributed by atoms with van der Waals surface area (Å²) in [6, 6.07) is 0. The van der Waals surface area contributed by atoms with Gasteiger partial charge in [-0.3, -0.25) is 22.9 Å². The van der Waals surface area contributed by atoms with Crippen molar-refractivity contribution in [1.82, 2.24) is 20.4 Å². The van der Waals surface area contributed by atoms with Gasteiger partial charge in [0.05, 0.1) is 0 Å². The molecule has 78 valence electrons. The van der Waals surface area contributed by atoms with E-state index in [-0.39, 0.29) is 11.9 Å². The first-order chi connectivity index (χ1) is 6.58. The van der Waals surface area contributed by atoms with Gasteiger partial charge < -0.3 is 10.6 Å². The van der Waals surface area contributed by atoms with Crippen LogP contribution >= 0.6 is 0 Å². The van der Waals surface area contributed by atoms with Gasteiger partial charge in [-0.15, -0.1) is 20.4 Å². The van der Waals surface area contributed by atoms with Gasteiger partial charge in [0.1, 0.15) is 12.6 Å². The van der Waals surface area contributed by atoms with E-state index >= 15 is 0 Å². The monoisotopic (exact) mass is 200 g/mol. The van der Waals surface area contributed by atoms with Crippen LogP contribution in [0.3, 0.4) is 0 Å². The molecule has 14 heavy (non-hydrogen) atoms. The Morgan fingerprint density at radius 3 is 1.21 bits per heavy atom. The minimum Gasteiger partial charge on any atom is -0.324 e. The van der Waals surface area contributed by atoms with E-state index in [2.05, 4.69) is 31.0 Å². The molecule has 0 saturated carbocycles. The summed E-state index contributed by atoms with van der Waals surface area (Å²) in [5.74, 6) is 0.243. The molecule has 10 heteroatoms. The van der Waals surface area contributed by atoms with E-state index in [1.807, 2.05) is 0 Å². The largest absolute Gasteiger partial charge is 0.324 e. The smallest absolute Gasteiger partial charge is 0.264 e. The van der Waals surface area contributed by atoms with E-state index in [0.717, 1.165) is 0 Å². The first-order valence-electron chi connectivity index (χ1n) is 3.71. The fourth-order valence-corrected chi connectivity index (χ4v) is 0.643. The highest BCUT2D eigenvalue weighted by Gasteiger charge is 2.03. The van der Waals surface area contributed by atoms with E-state index in [4.69, 9.17) is 22.9 Å². The maximum atomic E-state index is 5.22. The van der Waals surface area contributed by atoms with E-state index in [1.165, 1.54) is 0 Å². The molecule has 1 rings (SSSR count). The number of anilines is 2. The molecular formula is C4H12N10. The van der Waals surface area contributed by atoms with Crippen molar-refractivity contribution < 1.29 is 0 Å². The lowest BCUT2D eigenvalue weighted by atomic mass is 10.8. The van der Waals surface area contributed by atoms with Gasteiger partial charge >= 0.3 is 0 Å². The molecule has 0 amide bonds. The fourth-order valence-electron chi connectivity index (χ4n) is 0.643. The Labute approximate surface area is 79.4 Å². The van der Waals surface area contributed by atoms with Crippen molar-refractivity contribution in [2.24, 2.45) is 22.9 Å². The van der Waals surface area contributed by atoms with Crippen LogP contribution in [-0.2, 0) is 0 Å². The van der Waals surface area contributed by atoms with Crippen LogP contribution in [0, 0.1) is 0 Å². The maximum Gasteiger partial charge on any atom is 0.264 e. The van der Waals surface area contributed by atoms with Crippen molar-refractivity contribution in [1.29, 1.82) is 0 Å². The lowest BCUT2D eigenvalue weighted by Crippen LogP contribution is -2.40. The standard InChI is InChI=1S/C4H12N10/c5-1(6)9-3-11-13-4(14-12-3)10-2(7)8/h1-2H,5-8H2,(H,9,11,12)(H,10,13,14). The van der Waals surface area contributed by atoms with Crippen molar-refractivity contribution in [3.05, 3.63) is 0 Å². The number of nitrogens with one attached hydrogen (secondary N) is 2. The van der Waals surface area contributed by atoms with Crippen molar-refractivity contribution in [2.75, 3.05) is 10.6 Å². The van der Waals surface area contributed by atoms with Gasteiger partial charge in [0, 0.05) is 0 Å². The van der Waals surface area contributed by atoms with Crippen LogP contribution in [0.5, 0.6) is 0 Å². The van der Waals surface area contributed by atoms with E-state index in [0.29, 0.717) is 0 Å². The molecule has 0 aliphatic rings. The minimum atomic E-state index is -0.769. The molecule has 1 heterocycles. The Balaban J connectivity index is 2.59. The summed E-state index contributed by atoms with van der Waals surface area (Å²) in [6.07, 6.45) is -1.54. The first kappa shape index (κ1) is 10.5. The van der Waals surface area contributed by atoms with Crippen LogP contribution in [-0.4, -0.2) is 33.0 Å². The van der Waals surface area contributed by atoms with E-state index < -0.39 is 12.6 Å². The molecule has 10 nitrogen and oxygen atoms in total. The van der Waals surface area contributed by atoms with Crippen molar-refractivity contribution in [3.63, 3.8) is 0 Å². The molecule has 0 aliphatic heterocycles. The van der Waals surface area contributed by atoms with Crippen LogP contribution in [0.25, 0.3) is 0 Å². The van der Waals surface area contributed by atoms with Gasteiger partial charge in [0.15, 0.2) is 0 Å². The average Bonchev–Trinajstić information content (AvgIpc) is 2.06. The van der Waals surface area contributed by atoms with Gasteiger partial charge in [0.25, 0.3) is 11.9 Å². The van der Waals surface area contributed by atoms with Gasteiger partial charge in [-0.2, -0.15) is 0 Å². The van der Waals surface area contributed by atoms with Crippen LogP contribution in [0.1, 0.15) is 0 Å². The number of aromatic nitrogens is 4. The summed E-state index contributed by atoms with van der Waals surface area (Å²) < 4.78 is 0. The van der Waals surface area contributed by atoms with Gasteiger partial charge in [-0.05, 0) is 0 Å². The molecule has 0 fully saturated rings. The van der Waals surface area contributed by atoms with E-state index in [9.17, 15) is 0 Å². The zero-order valence-corrected chi connectivity index (χ0v) is 7.25. The molecule has 1 aromatic rings. The number of hydrogen-bond donors (Lipinski definition) is 6. The second-order valence-electron chi connectivity index (χ2n) is 2.39. The molecule has 1 aromatic heterocycles. The number of nitrogens with zero attached hydrogens (tertiary/aromatic N) is 4. The topological polar surface area (TPSA) is 180 Å². The van der Waals surface area contributed by atoms with Crippen LogP contribution in [0.2, 0.25) is 0 Å². The highest BCUT2D eigenvalue weighted by molar-refractivity contribution is 5.26. The van der Waals surface area contributed by atoms with Gasteiger partial charge in [0.2, 0.25) is 0 Å². The molecule has 0 radical (unpaired) electrons. The van der Waals surface area contributed by atoms with Gasteiger partial charge in [-0.1, -0.05) is 0 Å². The Kier molecular flexibility index (Phi) is 3.41. The normalized spacial score (nSPS) is 10.7. The Morgan fingerprint density at radius 1 is 0.714 bits per heavy atom. The number of nitrogens with two attached hydrogens (primary N) is 4. The molecule has 0 spiro atoms. The minimum absolute atomic E-state index is 0.121. The molecule has 0 aliphatic carbocycles. The molecule has 0 atom stereocenters. The lowest BCUT2D eigenvalue weighted by molar-refractivity contribution is 0.740. The molecule has 0 aromatic carbocycles. The molecular weight excluding hydrogens is 188 g/mol. The maximum absolute atomic E-state index is 5.22. The average molecular weight is 200 g/mol. The summed E-state index contributed by atoms with van der Waals surface area (Å²) in [6.45, 7) is 0. The summed E-state index contributed by atoms with van der Waals surface area (Å²) in [4.78, 5) is 0. The molecule has 10 N–H and O–H groups in total. The lowest BCUT2D eigenvalue weighted by Gasteiger charge is -2.08. The summed E-state index contributed by atoms with van der Waals surface area (Å²) in [5.41, 5.74) is 20.9. The highest BCUT2D eigenvalue weighted by Crippen LogP contribution is 1.95. The third-order valence-electron chi connectivity index (χ3n) is 1.07. The predicted octanol–water partition coefficient (Wildman–Crippen LogP) is -3.51. The summed E-state index contributed by atoms with van der Waals surface area (Å²) in [5, 5.41) is 19.4. The predicted molar refractivity (Wildman–Crippen MR) is 49.2 cm³/mol. The molecule has 0 unspecified atom stereocenters. The van der Waals surface area contributed by atoms with Crippen LogP contribution in [0.15, 0.2) is 0 Å². The number of rotatable bonds is 4. The summed E-state index contributed by atoms with van der Waals surface area (Å²) >= 11 is 0. The van der Waals surface area contributed by atoms with Crippen molar-refractivity contribution in [2.45, 2.75) is 12.6 Å². The van der Waals surface area contributed by atoms with Crippen LogP contribution in [0.4, 0.5) is 11.9 Å². The molecule has 0 bridgehead atoms. The van der Waals surface area contributed by atoms with Crippen molar-refractivity contribution in [3.8, 4) is 0 Å². The van der Waals surface area contributed by atoms with Crippen molar-refractivity contribution >= 4 is 11.9 Å². The Bertz CT molecular complexity index is 237. The SMILES string of the molecule is NC(N)Nc1nnc(NC(N)N)nn1. The zero-order valence-electron chi connectivity index (χ0n) is 7.25. The quantitative estimate of drug-likeness (QED) is 0.267. The van der Waals surface area contributed by atoms with Crippen LogP contribution < -0.4 is 33.6 Å². The zero-order chi connectivity index (χ0) is 10.6. The highest BCUT2D eigenvalue weighted by atomic mass is 15.4. The first-order valence-corrected chi connectivity index (χ1v) is 3.71.